The van der Waals surface area contributed by atoms with E-state index in [0.717, 1.165) is 18.7 Å². The molecule has 1 saturated carbocycles. The molecule has 1 aliphatic heterocycles. The molecule has 4 rings (SSSR count). The molecule has 1 aliphatic carbocycles. The summed E-state index contributed by atoms with van der Waals surface area (Å²) in [6, 6.07) is 13.9. The van der Waals surface area contributed by atoms with Gasteiger partial charge in [0.25, 0.3) is 0 Å². The first kappa shape index (κ1) is 29.8. The smallest absolute Gasteiger partial charge is 0.248 e. The molecule has 2 amide bonds. The third kappa shape index (κ3) is 7.71. The fourth-order valence-electron chi connectivity index (χ4n) is 5.52. The zero-order chi connectivity index (χ0) is 28.7. The van der Waals surface area contributed by atoms with Crippen LogP contribution >= 0.6 is 0 Å². The first-order valence-corrected chi connectivity index (χ1v) is 15.6. The fourth-order valence-corrected chi connectivity index (χ4v) is 7.12. The number of nitrogens with one attached hydrogen (secondary N) is 2. The van der Waals surface area contributed by atoms with Crippen LogP contribution in [0.2, 0.25) is 0 Å². The topological polar surface area (TPSA) is 125 Å². The van der Waals surface area contributed by atoms with Crippen LogP contribution in [0.4, 0.5) is 11.4 Å². The van der Waals surface area contributed by atoms with Crippen LogP contribution in [0.1, 0.15) is 54.4 Å². The molecule has 2 aromatic rings. The van der Waals surface area contributed by atoms with Gasteiger partial charge in [-0.1, -0.05) is 63.4 Å². The third-order valence-electron chi connectivity index (χ3n) is 7.74. The van der Waals surface area contributed by atoms with Crippen molar-refractivity contribution in [1.82, 2.24) is 9.62 Å². The second-order valence-corrected chi connectivity index (χ2v) is 12.7. The number of amides is 2. The predicted molar refractivity (Wildman–Crippen MR) is 164 cm³/mol. The average molecular weight is 572 g/mol. The molecule has 1 heterocycles. The largest absolute Gasteiger partial charge is 0.368 e. The number of rotatable bonds is 10. The Kier molecular flexibility index (Phi) is 9.99. The van der Waals surface area contributed by atoms with Gasteiger partial charge in [0, 0.05) is 46.8 Å². The van der Waals surface area contributed by atoms with E-state index in [9.17, 15) is 18.0 Å². The second-order valence-electron chi connectivity index (χ2n) is 11.0. The van der Waals surface area contributed by atoms with E-state index in [2.05, 4.69) is 19.8 Å². The van der Waals surface area contributed by atoms with Crippen molar-refractivity contribution in [3.63, 3.8) is 0 Å². The van der Waals surface area contributed by atoms with E-state index in [0.29, 0.717) is 30.5 Å². The van der Waals surface area contributed by atoms with E-state index in [1.165, 1.54) is 44.2 Å². The first-order chi connectivity index (χ1) is 19.1. The molecule has 1 unspecified atom stereocenters. The highest BCUT2D eigenvalue weighted by molar-refractivity contribution is 7.89. The lowest BCUT2D eigenvalue weighted by molar-refractivity contribution is -0.120. The van der Waals surface area contributed by atoms with Crippen molar-refractivity contribution in [2.75, 3.05) is 36.4 Å². The van der Waals surface area contributed by atoms with Gasteiger partial charge >= 0.3 is 0 Å². The van der Waals surface area contributed by atoms with Crippen molar-refractivity contribution < 1.29 is 20.9 Å². The molecular weight excluding hydrogens is 526 g/mol. The molecule has 0 radical (unpaired) electrons. The highest BCUT2D eigenvalue weighted by Crippen LogP contribution is 2.31. The van der Waals surface area contributed by atoms with Gasteiger partial charge in [-0.25, -0.2) is 8.42 Å². The van der Waals surface area contributed by atoms with E-state index in [1.54, 1.807) is 32.1 Å². The first-order valence-electron chi connectivity index (χ1n) is 14.1. The van der Waals surface area contributed by atoms with Gasteiger partial charge in [0.05, 0.1) is 5.69 Å². The van der Waals surface area contributed by atoms with Gasteiger partial charge in [-0.2, -0.15) is 4.72 Å². The van der Waals surface area contributed by atoms with Crippen molar-refractivity contribution in [2.24, 2.45) is 11.7 Å². The van der Waals surface area contributed by atoms with Crippen molar-refractivity contribution in [3.8, 4) is 0 Å². The second kappa shape index (κ2) is 13.4. The summed E-state index contributed by atoms with van der Waals surface area (Å²) in [7, 11) is -4.15. The minimum atomic E-state index is -4.15. The van der Waals surface area contributed by atoms with Crippen LogP contribution in [0.5, 0.6) is 0 Å². The molecule has 4 N–H and O–H groups in total. The molecule has 40 heavy (non-hydrogen) atoms. The summed E-state index contributed by atoms with van der Waals surface area (Å²) in [6.07, 6.45) is 9.38. The van der Waals surface area contributed by atoms with Crippen molar-refractivity contribution in [3.05, 3.63) is 60.2 Å². The van der Waals surface area contributed by atoms with Gasteiger partial charge < -0.3 is 16.0 Å². The van der Waals surface area contributed by atoms with Gasteiger partial charge in [-0.05, 0) is 48.6 Å². The Morgan fingerprint density at radius 2 is 1.68 bits per heavy atom. The van der Waals surface area contributed by atoms with Crippen molar-refractivity contribution >= 4 is 39.3 Å². The predicted octanol–water partition coefficient (Wildman–Crippen LogP) is 4.07. The van der Waals surface area contributed by atoms with Gasteiger partial charge in [0.1, 0.15) is 10.9 Å². The molecule has 10 heteroatoms. The van der Waals surface area contributed by atoms with Crippen LogP contribution in [0, 0.1) is 5.92 Å². The normalized spacial score (nSPS) is 18.2. The maximum Gasteiger partial charge on any atom is 0.248 e. The zero-order valence-electron chi connectivity index (χ0n) is 23.4. The number of carbonyl (C=O) groups excluding carboxylic acids is 2. The Balaban J connectivity index is 0.00000308. The monoisotopic (exact) mass is 571 g/mol. The van der Waals surface area contributed by atoms with E-state index < -0.39 is 22.0 Å². The van der Waals surface area contributed by atoms with Gasteiger partial charge in [-0.3, -0.25) is 14.5 Å². The third-order valence-corrected chi connectivity index (χ3v) is 9.22. The van der Waals surface area contributed by atoms with Crippen LogP contribution in [-0.2, 0) is 19.6 Å². The Morgan fingerprint density at radius 1 is 1.00 bits per heavy atom. The number of hydrogen-bond donors (Lipinski definition) is 3. The van der Waals surface area contributed by atoms with E-state index >= 15 is 0 Å². The van der Waals surface area contributed by atoms with Crippen LogP contribution in [0.3, 0.4) is 0 Å². The fraction of sp³-hybridized carbons (Fsp3) is 0.467. The summed E-state index contributed by atoms with van der Waals surface area (Å²) in [4.78, 5) is 29.3. The molecule has 0 aromatic heterocycles. The van der Waals surface area contributed by atoms with Crippen LogP contribution in [0.25, 0.3) is 6.08 Å². The molecular formula is C30H45N5O4S. The average Bonchev–Trinajstić information content (AvgIpc) is 2.96. The molecule has 9 nitrogen and oxygen atoms in total. The molecule has 1 saturated heterocycles. The van der Waals surface area contributed by atoms with E-state index in [-0.39, 0.29) is 19.6 Å². The summed E-state index contributed by atoms with van der Waals surface area (Å²) in [6.45, 7) is 6.56. The van der Waals surface area contributed by atoms with Crippen LogP contribution in [0.15, 0.2) is 59.5 Å². The Labute approximate surface area is 240 Å². The summed E-state index contributed by atoms with van der Waals surface area (Å²) >= 11 is 0. The highest BCUT2D eigenvalue weighted by Gasteiger charge is 2.32. The number of anilines is 2. The number of nitrogens with zero attached hydrogens (tertiary/aromatic N) is 2. The Hall–Kier alpha value is -3.21. The lowest BCUT2D eigenvalue weighted by Gasteiger charge is -2.42. The van der Waals surface area contributed by atoms with E-state index in [1.807, 2.05) is 30.3 Å². The molecule has 0 spiro atoms. The summed E-state index contributed by atoms with van der Waals surface area (Å²) < 4.78 is 29.9. The number of benzene rings is 2. The van der Waals surface area contributed by atoms with Crippen molar-refractivity contribution in [1.29, 1.82) is 0 Å². The molecule has 2 fully saturated rings. The number of sulfonamides is 1. The maximum atomic E-state index is 13.7. The van der Waals surface area contributed by atoms with Gasteiger partial charge in [0.2, 0.25) is 21.8 Å². The quantitative estimate of drug-likeness (QED) is 0.369. The van der Waals surface area contributed by atoms with E-state index in [4.69, 9.17) is 5.73 Å². The Morgan fingerprint density at radius 3 is 2.30 bits per heavy atom. The lowest BCUT2D eigenvalue weighted by Crippen LogP contribution is -2.51. The SMILES string of the molecule is CC(C)C(NS(=O)(=O)c1cc(NC(=O)/C=C/c2ccccc2)ccc1N1CCN(C2CCCCC2)CC1)C(N)=O.[HH].[HH]. The van der Waals surface area contributed by atoms with Crippen molar-refractivity contribution in [2.45, 2.75) is 62.9 Å². The number of primary amides is 1. The summed E-state index contributed by atoms with van der Waals surface area (Å²) in [5.41, 5.74) is 7.28. The minimum absolute atomic E-state index is 0. The maximum absolute atomic E-state index is 13.7. The summed E-state index contributed by atoms with van der Waals surface area (Å²) in [5.74, 6) is -1.45. The molecule has 220 valence electrons. The number of hydrogen-bond acceptors (Lipinski definition) is 6. The highest BCUT2D eigenvalue weighted by atomic mass is 32.2. The number of carbonyl (C=O) groups is 2. The van der Waals surface area contributed by atoms with Crippen LogP contribution < -0.4 is 20.7 Å². The van der Waals surface area contributed by atoms with Gasteiger partial charge in [0.15, 0.2) is 0 Å². The summed E-state index contributed by atoms with van der Waals surface area (Å²) in [5, 5.41) is 2.77. The molecule has 2 aromatic carbocycles. The molecule has 1 atom stereocenters. The zero-order valence-corrected chi connectivity index (χ0v) is 24.2. The standard InChI is InChI=1S/C30H41N5O4S.2H2/c1-22(2)29(30(31)37)33-40(38,39)27-21-24(32-28(36)16-13-23-9-5-3-6-10-23)14-15-26(27)35-19-17-34(18-20-35)25-11-7-4-8-12-25;;/h3,5-6,9-10,13-16,21-22,25,29,33H,4,7-8,11-12,17-20H2,1-2H3,(H2,31,37)(H,32,36);2*1H/b16-13+;;. The molecule has 2 aliphatic rings. The van der Waals surface area contributed by atoms with Crippen LogP contribution in [-0.4, -0.2) is 63.4 Å². The minimum Gasteiger partial charge on any atom is -0.368 e. The Bertz CT molecular complexity index is 1310. The lowest BCUT2D eigenvalue weighted by atomic mass is 9.94. The number of piperazine rings is 1. The van der Waals surface area contributed by atoms with Gasteiger partial charge in [-0.15, -0.1) is 0 Å². The number of nitrogens with two attached hydrogens (primary N) is 1. The molecule has 0 bridgehead atoms.